The summed E-state index contributed by atoms with van der Waals surface area (Å²) in [7, 11) is -3.69. The van der Waals surface area contributed by atoms with Gasteiger partial charge in [0.15, 0.2) is 0 Å². The van der Waals surface area contributed by atoms with Crippen LogP contribution in [0.15, 0.2) is 34.5 Å². The summed E-state index contributed by atoms with van der Waals surface area (Å²) in [5.74, 6) is -0.554. The van der Waals surface area contributed by atoms with Crippen molar-refractivity contribution in [2.24, 2.45) is 0 Å². The molecule has 126 valence electrons. The van der Waals surface area contributed by atoms with Gasteiger partial charge in [-0.15, -0.1) is 11.3 Å². The SMILES string of the molecule is Cc1nc(COC(=O)c2ccc(S(=O)(=O)NCCC#N)cc2)cs1. The largest absolute Gasteiger partial charge is 0.456 e. The monoisotopic (exact) mass is 365 g/mol. The van der Waals surface area contributed by atoms with E-state index >= 15 is 0 Å². The summed E-state index contributed by atoms with van der Waals surface area (Å²) in [6.45, 7) is 1.97. The Morgan fingerprint density at radius 2 is 2.08 bits per heavy atom. The standard InChI is InChI=1S/C15H15N3O4S2/c1-11-18-13(10-23-11)9-22-15(19)12-3-5-14(6-4-12)24(20,21)17-8-2-7-16/h3-6,10,17H,2,8-9H2,1H3. The van der Waals surface area contributed by atoms with E-state index in [1.165, 1.54) is 35.6 Å². The molecule has 2 rings (SSSR count). The zero-order valence-corrected chi connectivity index (χ0v) is 14.5. The summed E-state index contributed by atoms with van der Waals surface area (Å²) in [6.07, 6.45) is 0.0831. The van der Waals surface area contributed by atoms with Crippen molar-refractivity contribution in [3.63, 3.8) is 0 Å². The Morgan fingerprint density at radius 1 is 1.38 bits per heavy atom. The average Bonchev–Trinajstić information content (AvgIpc) is 2.98. The summed E-state index contributed by atoms with van der Waals surface area (Å²) < 4.78 is 31.4. The summed E-state index contributed by atoms with van der Waals surface area (Å²) in [5, 5.41) is 11.1. The molecule has 0 bridgehead atoms. The molecule has 9 heteroatoms. The number of hydrogen-bond acceptors (Lipinski definition) is 7. The number of nitrogens with one attached hydrogen (secondary N) is 1. The predicted molar refractivity (Wildman–Crippen MR) is 87.8 cm³/mol. The number of aromatic nitrogens is 1. The van der Waals surface area contributed by atoms with E-state index in [-0.39, 0.29) is 30.0 Å². The highest BCUT2D eigenvalue weighted by atomic mass is 32.2. The maximum Gasteiger partial charge on any atom is 0.338 e. The molecule has 0 fully saturated rings. The van der Waals surface area contributed by atoms with Gasteiger partial charge in [-0.1, -0.05) is 0 Å². The lowest BCUT2D eigenvalue weighted by molar-refractivity contribution is 0.0468. The first-order valence-corrected chi connectivity index (χ1v) is 9.33. The molecule has 0 aliphatic rings. The smallest absolute Gasteiger partial charge is 0.338 e. The van der Waals surface area contributed by atoms with Gasteiger partial charge in [-0.25, -0.2) is 22.9 Å². The van der Waals surface area contributed by atoms with Gasteiger partial charge in [-0.3, -0.25) is 0 Å². The maximum absolute atomic E-state index is 12.0. The molecule has 0 unspecified atom stereocenters. The number of hydrogen-bond donors (Lipinski definition) is 1. The van der Waals surface area contributed by atoms with Crippen molar-refractivity contribution < 1.29 is 17.9 Å². The van der Waals surface area contributed by atoms with Gasteiger partial charge in [0.05, 0.1) is 27.2 Å². The lowest BCUT2D eigenvalue weighted by atomic mass is 10.2. The van der Waals surface area contributed by atoms with Crippen molar-refractivity contribution in [2.75, 3.05) is 6.54 Å². The Morgan fingerprint density at radius 3 is 2.67 bits per heavy atom. The van der Waals surface area contributed by atoms with Crippen LogP contribution in [0, 0.1) is 18.3 Å². The van der Waals surface area contributed by atoms with Crippen LogP contribution in [0.3, 0.4) is 0 Å². The van der Waals surface area contributed by atoms with Gasteiger partial charge < -0.3 is 4.74 Å². The highest BCUT2D eigenvalue weighted by Crippen LogP contribution is 2.13. The molecule has 7 nitrogen and oxygen atoms in total. The molecule has 0 saturated carbocycles. The Hall–Kier alpha value is -2.28. The zero-order valence-electron chi connectivity index (χ0n) is 12.9. The molecule has 0 radical (unpaired) electrons. The minimum Gasteiger partial charge on any atom is -0.456 e. The molecule has 0 aliphatic carbocycles. The first-order chi connectivity index (χ1) is 11.4. The van der Waals surface area contributed by atoms with E-state index in [4.69, 9.17) is 10.00 Å². The quantitative estimate of drug-likeness (QED) is 0.594. The van der Waals surface area contributed by atoms with E-state index in [0.717, 1.165) is 5.01 Å². The fraction of sp³-hybridized carbons (Fsp3) is 0.267. The first kappa shape index (κ1) is 18.1. The van der Waals surface area contributed by atoms with Gasteiger partial charge in [0, 0.05) is 18.3 Å². The van der Waals surface area contributed by atoms with Crippen LogP contribution in [-0.4, -0.2) is 25.9 Å². The Balaban J connectivity index is 1.98. The van der Waals surface area contributed by atoms with E-state index in [2.05, 4.69) is 9.71 Å². The Labute approximate surface area is 144 Å². The molecule has 0 atom stereocenters. The van der Waals surface area contributed by atoms with Gasteiger partial charge in [-0.05, 0) is 31.2 Å². The topological polar surface area (TPSA) is 109 Å². The second kappa shape index (κ2) is 8.01. The minimum absolute atomic E-state index is 0.0205. The molecule has 1 N–H and O–H groups in total. The number of rotatable bonds is 7. The van der Waals surface area contributed by atoms with Crippen LogP contribution >= 0.6 is 11.3 Å². The van der Waals surface area contributed by atoms with Gasteiger partial charge in [-0.2, -0.15) is 5.26 Å². The third kappa shape index (κ3) is 4.86. The molecule has 1 aromatic carbocycles. The molecule has 24 heavy (non-hydrogen) atoms. The normalized spacial score (nSPS) is 11.0. The summed E-state index contributed by atoms with van der Waals surface area (Å²) >= 11 is 1.47. The highest BCUT2D eigenvalue weighted by molar-refractivity contribution is 7.89. The lowest BCUT2D eigenvalue weighted by Crippen LogP contribution is -2.24. The summed E-state index contributed by atoms with van der Waals surface area (Å²) in [5.41, 5.74) is 0.921. The van der Waals surface area contributed by atoms with Gasteiger partial charge >= 0.3 is 5.97 Å². The van der Waals surface area contributed by atoms with E-state index in [1.54, 1.807) is 0 Å². The molecule has 2 aromatic rings. The number of nitrogens with zero attached hydrogens (tertiary/aromatic N) is 2. The third-order valence-electron chi connectivity index (χ3n) is 2.95. The molecule has 1 aromatic heterocycles. The second-order valence-electron chi connectivity index (χ2n) is 4.76. The molecule has 0 spiro atoms. The molecule has 0 aliphatic heterocycles. The van der Waals surface area contributed by atoms with Crippen LogP contribution < -0.4 is 4.72 Å². The van der Waals surface area contributed by atoms with Crippen LogP contribution in [-0.2, 0) is 21.4 Å². The minimum atomic E-state index is -3.69. The number of aryl methyl sites for hydroxylation is 1. The van der Waals surface area contributed by atoms with Crippen LogP contribution in [0.4, 0.5) is 0 Å². The third-order valence-corrected chi connectivity index (χ3v) is 5.25. The maximum atomic E-state index is 12.0. The number of esters is 1. The van der Waals surface area contributed by atoms with Gasteiger partial charge in [0.2, 0.25) is 10.0 Å². The number of nitriles is 1. The number of benzene rings is 1. The van der Waals surface area contributed by atoms with E-state index in [9.17, 15) is 13.2 Å². The number of ether oxygens (including phenoxy) is 1. The number of thiazole rings is 1. The Kier molecular flexibility index (Phi) is 6.03. The molecular formula is C15H15N3O4S2. The van der Waals surface area contributed by atoms with Crippen molar-refractivity contribution in [2.45, 2.75) is 24.8 Å². The van der Waals surface area contributed by atoms with Crippen molar-refractivity contribution in [3.8, 4) is 6.07 Å². The molecule has 0 amide bonds. The first-order valence-electron chi connectivity index (χ1n) is 6.97. The van der Waals surface area contributed by atoms with Crippen LogP contribution in [0.5, 0.6) is 0 Å². The molecule has 1 heterocycles. The molecule has 0 saturated heterocycles. The van der Waals surface area contributed by atoms with Gasteiger partial charge in [0.1, 0.15) is 6.61 Å². The van der Waals surface area contributed by atoms with Crippen LogP contribution in [0.1, 0.15) is 27.5 Å². The average molecular weight is 365 g/mol. The fourth-order valence-corrected chi connectivity index (χ4v) is 3.42. The van der Waals surface area contributed by atoms with Crippen LogP contribution in [0.25, 0.3) is 0 Å². The summed E-state index contributed by atoms with van der Waals surface area (Å²) in [4.78, 5) is 16.2. The number of carbonyl (C=O) groups is 1. The van der Waals surface area contributed by atoms with E-state index in [0.29, 0.717) is 5.69 Å². The van der Waals surface area contributed by atoms with Crippen molar-refractivity contribution in [1.82, 2.24) is 9.71 Å². The van der Waals surface area contributed by atoms with Gasteiger partial charge in [0.25, 0.3) is 0 Å². The lowest BCUT2D eigenvalue weighted by Gasteiger charge is -2.06. The van der Waals surface area contributed by atoms with Crippen molar-refractivity contribution in [1.29, 1.82) is 5.26 Å². The predicted octanol–water partition coefficient (Wildman–Crippen LogP) is 2.00. The van der Waals surface area contributed by atoms with Crippen LogP contribution in [0.2, 0.25) is 0 Å². The fourth-order valence-electron chi connectivity index (χ4n) is 1.79. The molecular weight excluding hydrogens is 350 g/mol. The number of sulfonamides is 1. The Bertz CT molecular complexity index is 852. The second-order valence-corrected chi connectivity index (χ2v) is 7.59. The zero-order chi connectivity index (χ0) is 17.6. The summed E-state index contributed by atoms with van der Waals surface area (Å²) in [6, 6.07) is 7.25. The van der Waals surface area contributed by atoms with E-state index in [1.807, 2.05) is 18.4 Å². The highest BCUT2D eigenvalue weighted by Gasteiger charge is 2.15. The van der Waals surface area contributed by atoms with Crippen molar-refractivity contribution in [3.05, 3.63) is 45.9 Å². The number of carbonyl (C=O) groups excluding carboxylic acids is 1. The van der Waals surface area contributed by atoms with Crippen molar-refractivity contribution >= 4 is 27.3 Å². The van der Waals surface area contributed by atoms with E-state index < -0.39 is 16.0 Å².